The first-order valence-electron chi connectivity index (χ1n) is 5.70. The molecule has 100 valence electrons. The first-order chi connectivity index (χ1) is 9.59. The summed E-state index contributed by atoms with van der Waals surface area (Å²) in [5.74, 6) is -2.29. The van der Waals surface area contributed by atoms with E-state index < -0.39 is 17.8 Å². The Kier molecular flexibility index (Phi) is 2.60. The zero-order valence-corrected chi connectivity index (χ0v) is 10.3. The number of aryl methyl sites for hydroxylation is 1. The number of carbonyl (C=O) groups is 3. The summed E-state index contributed by atoms with van der Waals surface area (Å²) in [4.78, 5) is 40.6. The average molecular weight is 272 g/mol. The molecule has 2 amide bonds. The number of hydroxylamine groups is 2. The molecule has 0 saturated carbocycles. The van der Waals surface area contributed by atoms with E-state index in [-0.39, 0.29) is 16.8 Å². The molecule has 0 spiro atoms. The molecule has 1 aliphatic heterocycles. The molecular weight excluding hydrogens is 264 g/mol. The smallest absolute Gasteiger partial charge is 0.364 e. The number of amides is 2. The van der Waals surface area contributed by atoms with Gasteiger partial charge in [0.2, 0.25) is 0 Å². The molecular formula is C13H8N2O5. The van der Waals surface area contributed by atoms with Gasteiger partial charge in [-0.15, -0.1) is 0 Å². The Bertz CT molecular complexity index is 699. The molecule has 7 heteroatoms. The van der Waals surface area contributed by atoms with Crippen LogP contribution >= 0.6 is 0 Å². The van der Waals surface area contributed by atoms with Crippen LogP contribution in [0.5, 0.6) is 0 Å². The molecule has 20 heavy (non-hydrogen) atoms. The number of rotatable bonds is 2. The first kappa shape index (κ1) is 12.1. The maximum Gasteiger partial charge on any atom is 0.385 e. The van der Waals surface area contributed by atoms with E-state index in [1.165, 1.54) is 18.4 Å². The van der Waals surface area contributed by atoms with Gasteiger partial charge < -0.3 is 9.36 Å². The van der Waals surface area contributed by atoms with Crippen molar-refractivity contribution < 1.29 is 23.7 Å². The predicted molar refractivity (Wildman–Crippen MR) is 63.6 cm³/mol. The summed E-state index contributed by atoms with van der Waals surface area (Å²) in [7, 11) is 0. The van der Waals surface area contributed by atoms with Crippen LogP contribution in [-0.4, -0.2) is 28.0 Å². The number of fused-ring (bicyclic) bond motifs is 1. The third-order valence-electron chi connectivity index (χ3n) is 2.87. The van der Waals surface area contributed by atoms with E-state index in [0.29, 0.717) is 10.6 Å². The highest BCUT2D eigenvalue weighted by molar-refractivity contribution is 6.21. The van der Waals surface area contributed by atoms with Crippen molar-refractivity contribution >= 4 is 17.8 Å². The lowest BCUT2D eigenvalue weighted by atomic mass is 10.1. The van der Waals surface area contributed by atoms with Crippen LogP contribution in [0.2, 0.25) is 0 Å². The van der Waals surface area contributed by atoms with Gasteiger partial charge in [0.05, 0.1) is 11.1 Å². The fourth-order valence-corrected chi connectivity index (χ4v) is 1.86. The zero-order valence-electron chi connectivity index (χ0n) is 10.3. The third-order valence-corrected chi connectivity index (χ3v) is 2.87. The summed E-state index contributed by atoms with van der Waals surface area (Å²) in [6.07, 6.45) is 1.26. The van der Waals surface area contributed by atoms with E-state index >= 15 is 0 Å². The topological polar surface area (TPSA) is 89.7 Å². The predicted octanol–water partition coefficient (Wildman–Crippen LogP) is 1.35. The monoisotopic (exact) mass is 272 g/mol. The number of imide groups is 1. The quantitative estimate of drug-likeness (QED) is 0.766. The maximum atomic E-state index is 12.0. The highest BCUT2D eigenvalue weighted by Gasteiger charge is 2.39. The second kappa shape index (κ2) is 4.30. The molecule has 0 fully saturated rings. The van der Waals surface area contributed by atoms with E-state index in [0.717, 1.165) is 0 Å². The molecule has 0 unspecified atom stereocenters. The Labute approximate surface area is 112 Å². The average Bonchev–Trinajstić information content (AvgIpc) is 2.97. The molecule has 1 aromatic carbocycles. The molecule has 3 rings (SSSR count). The van der Waals surface area contributed by atoms with Crippen molar-refractivity contribution in [3.05, 3.63) is 52.9 Å². The second-order valence-corrected chi connectivity index (χ2v) is 4.18. The van der Waals surface area contributed by atoms with E-state index in [9.17, 15) is 14.4 Å². The van der Waals surface area contributed by atoms with Crippen LogP contribution in [0.15, 0.2) is 35.1 Å². The summed E-state index contributed by atoms with van der Waals surface area (Å²) in [6.45, 7) is 1.59. The summed E-state index contributed by atoms with van der Waals surface area (Å²) in [5, 5.41) is 3.89. The van der Waals surface area contributed by atoms with Crippen molar-refractivity contribution in [2.24, 2.45) is 0 Å². The van der Waals surface area contributed by atoms with E-state index in [1.54, 1.807) is 19.1 Å². The normalized spacial score (nSPS) is 13.6. The minimum absolute atomic E-state index is 0.0819. The van der Waals surface area contributed by atoms with Crippen molar-refractivity contribution in [1.82, 2.24) is 10.2 Å². The highest BCUT2D eigenvalue weighted by Crippen LogP contribution is 2.23. The Morgan fingerprint density at radius 3 is 2.30 bits per heavy atom. The molecule has 0 aliphatic carbocycles. The van der Waals surface area contributed by atoms with E-state index in [2.05, 4.69) is 9.68 Å². The Balaban J connectivity index is 1.87. The van der Waals surface area contributed by atoms with Gasteiger partial charge in [0.1, 0.15) is 6.26 Å². The van der Waals surface area contributed by atoms with Gasteiger partial charge in [0, 0.05) is 5.56 Å². The van der Waals surface area contributed by atoms with Crippen LogP contribution in [0.4, 0.5) is 0 Å². The van der Waals surface area contributed by atoms with Crippen LogP contribution in [0, 0.1) is 6.92 Å². The number of carbonyl (C=O) groups excluding carboxylic acids is 3. The van der Waals surface area contributed by atoms with Gasteiger partial charge in [0.15, 0.2) is 5.69 Å². The van der Waals surface area contributed by atoms with Crippen molar-refractivity contribution in [3.63, 3.8) is 0 Å². The molecule has 2 aromatic rings. The molecule has 0 bridgehead atoms. The maximum absolute atomic E-state index is 12.0. The summed E-state index contributed by atoms with van der Waals surface area (Å²) in [6, 6.07) is 6.23. The van der Waals surface area contributed by atoms with Crippen LogP contribution in [0.25, 0.3) is 0 Å². The van der Waals surface area contributed by atoms with Crippen molar-refractivity contribution in [2.45, 2.75) is 6.92 Å². The van der Waals surface area contributed by atoms with Crippen LogP contribution < -0.4 is 0 Å². The first-order valence-corrected chi connectivity index (χ1v) is 5.70. The van der Waals surface area contributed by atoms with E-state index in [4.69, 9.17) is 4.84 Å². The minimum Gasteiger partial charge on any atom is -0.364 e. The number of nitrogens with zero attached hydrogens (tertiary/aromatic N) is 2. The highest BCUT2D eigenvalue weighted by atomic mass is 16.7. The lowest BCUT2D eigenvalue weighted by Gasteiger charge is -2.11. The molecule has 7 nitrogen and oxygen atoms in total. The molecule has 0 radical (unpaired) electrons. The lowest BCUT2D eigenvalue weighted by molar-refractivity contribution is -0.0591. The lowest BCUT2D eigenvalue weighted by Crippen LogP contribution is -2.33. The molecule has 1 aliphatic rings. The summed E-state index contributed by atoms with van der Waals surface area (Å²) < 4.78 is 4.61. The SMILES string of the molecule is Cc1conc1C(=O)ON1C(=O)c2ccccc2C1=O. The van der Waals surface area contributed by atoms with Gasteiger partial charge in [-0.2, -0.15) is 0 Å². The van der Waals surface area contributed by atoms with Gasteiger partial charge in [-0.3, -0.25) is 9.59 Å². The Morgan fingerprint density at radius 1 is 1.20 bits per heavy atom. The second-order valence-electron chi connectivity index (χ2n) is 4.18. The van der Waals surface area contributed by atoms with Gasteiger partial charge in [-0.1, -0.05) is 22.4 Å². The summed E-state index contributed by atoms with van der Waals surface area (Å²) >= 11 is 0. The minimum atomic E-state index is -0.925. The molecule has 1 aromatic heterocycles. The summed E-state index contributed by atoms with van der Waals surface area (Å²) in [5.41, 5.74) is 0.762. The fraction of sp³-hybridized carbons (Fsp3) is 0.0769. The Morgan fingerprint density at radius 2 is 1.80 bits per heavy atom. The van der Waals surface area contributed by atoms with Crippen molar-refractivity contribution in [2.75, 3.05) is 0 Å². The largest absolute Gasteiger partial charge is 0.385 e. The molecule has 2 heterocycles. The van der Waals surface area contributed by atoms with Crippen molar-refractivity contribution in [1.29, 1.82) is 0 Å². The molecule has 0 atom stereocenters. The standard InChI is InChI=1S/C13H8N2O5/c1-7-6-19-14-10(7)13(18)20-15-11(16)8-4-2-3-5-9(8)12(15)17/h2-6H,1H3. The number of hydrogen-bond donors (Lipinski definition) is 0. The van der Waals surface area contributed by atoms with Crippen LogP contribution in [0.1, 0.15) is 36.8 Å². The zero-order chi connectivity index (χ0) is 14.3. The Hall–Kier alpha value is -2.96. The number of hydrogen-bond acceptors (Lipinski definition) is 6. The molecule has 0 saturated heterocycles. The number of aromatic nitrogens is 1. The molecule has 0 N–H and O–H groups in total. The van der Waals surface area contributed by atoms with Gasteiger partial charge in [0.25, 0.3) is 11.8 Å². The van der Waals surface area contributed by atoms with E-state index in [1.807, 2.05) is 0 Å². The third kappa shape index (κ3) is 1.68. The number of benzene rings is 1. The van der Waals surface area contributed by atoms with Crippen molar-refractivity contribution in [3.8, 4) is 0 Å². The van der Waals surface area contributed by atoms with Gasteiger partial charge in [-0.25, -0.2) is 4.79 Å². The van der Waals surface area contributed by atoms with Gasteiger partial charge in [-0.05, 0) is 19.1 Å². The van der Waals surface area contributed by atoms with Crippen LogP contribution in [-0.2, 0) is 4.84 Å². The van der Waals surface area contributed by atoms with Gasteiger partial charge >= 0.3 is 5.97 Å². The fourth-order valence-electron chi connectivity index (χ4n) is 1.86. The van der Waals surface area contributed by atoms with Crippen LogP contribution in [0.3, 0.4) is 0 Å².